The van der Waals surface area contributed by atoms with Crippen molar-refractivity contribution in [3.05, 3.63) is 34.4 Å². The van der Waals surface area contributed by atoms with E-state index in [1.807, 2.05) is 13.8 Å². The number of hydrogen-bond acceptors (Lipinski definition) is 3. The molecule has 3 nitrogen and oxygen atoms in total. The molecule has 7 heteroatoms. The molecule has 1 aromatic carbocycles. The van der Waals surface area contributed by atoms with Crippen LogP contribution in [0.4, 0.5) is 17.6 Å². The van der Waals surface area contributed by atoms with Gasteiger partial charge in [0.2, 0.25) is 0 Å². The maximum Gasteiger partial charge on any atom is 0.309 e. The van der Waals surface area contributed by atoms with Gasteiger partial charge in [0, 0.05) is 7.11 Å². The zero-order chi connectivity index (χ0) is 16.7. The summed E-state index contributed by atoms with van der Waals surface area (Å²) in [7, 11) is 1.14. The van der Waals surface area contributed by atoms with Crippen LogP contribution >= 0.6 is 0 Å². The SMILES string of the molecule is COCc1c(F)c(F)c(COC(=O)[C@@H]2CC2(C)C)c(F)c1F. The number of carbonyl (C=O) groups is 1. The molecule has 0 aromatic heterocycles. The van der Waals surface area contributed by atoms with Gasteiger partial charge in [-0.25, -0.2) is 17.6 Å². The highest BCUT2D eigenvalue weighted by atomic mass is 19.2. The Morgan fingerprint density at radius 1 is 1.05 bits per heavy atom. The number of ether oxygens (including phenoxy) is 2. The Bertz CT molecular complexity index is 584. The van der Waals surface area contributed by atoms with Crippen molar-refractivity contribution in [1.82, 2.24) is 0 Å². The molecule has 1 atom stereocenters. The van der Waals surface area contributed by atoms with Gasteiger partial charge in [0.25, 0.3) is 0 Å². The quantitative estimate of drug-likeness (QED) is 0.473. The number of halogens is 4. The van der Waals surface area contributed by atoms with Gasteiger partial charge in [0.15, 0.2) is 23.3 Å². The lowest BCUT2D eigenvalue weighted by molar-refractivity contribution is -0.147. The highest BCUT2D eigenvalue weighted by molar-refractivity contribution is 5.76. The standard InChI is InChI=1S/C15H16F4O3/c1-15(2)4-9(15)14(20)22-6-8-12(18)10(16)7(5-21-3)11(17)13(8)19/h9H,4-6H2,1-3H3/t9-/m0/s1. The van der Waals surface area contributed by atoms with E-state index in [1.165, 1.54) is 0 Å². The van der Waals surface area contributed by atoms with E-state index in [1.54, 1.807) is 0 Å². The van der Waals surface area contributed by atoms with E-state index in [0.29, 0.717) is 6.42 Å². The molecule has 1 aliphatic carbocycles. The van der Waals surface area contributed by atoms with Crippen LogP contribution in [0, 0.1) is 34.6 Å². The molecule has 0 heterocycles. The second-order valence-electron chi connectivity index (χ2n) is 6.00. The fourth-order valence-corrected chi connectivity index (χ4v) is 2.23. The van der Waals surface area contributed by atoms with Gasteiger partial charge in [-0.15, -0.1) is 0 Å². The summed E-state index contributed by atoms with van der Waals surface area (Å²) < 4.78 is 64.3. The first-order valence-corrected chi connectivity index (χ1v) is 6.70. The Kier molecular flexibility index (Phi) is 4.47. The fourth-order valence-electron chi connectivity index (χ4n) is 2.23. The van der Waals surface area contributed by atoms with E-state index < -0.39 is 53.6 Å². The Morgan fingerprint density at radius 3 is 1.82 bits per heavy atom. The number of methoxy groups -OCH3 is 1. The van der Waals surface area contributed by atoms with Crippen molar-refractivity contribution in [2.75, 3.05) is 7.11 Å². The molecule has 0 spiro atoms. The minimum atomic E-state index is -1.58. The zero-order valence-electron chi connectivity index (χ0n) is 12.4. The minimum Gasteiger partial charge on any atom is -0.460 e. The van der Waals surface area contributed by atoms with Gasteiger partial charge in [-0.3, -0.25) is 4.79 Å². The topological polar surface area (TPSA) is 35.5 Å². The van der Waals surface area contributed by atoms with Crippen molar-refractivity contribution in [1.29, 1.82) is 0 Å². The molecular weight excluding hydrogens is 304 g/mol. The summed E-state index contributed by atoms with van der Waals surface area (Å²) in [6.45, 7) is 2.23. The lowest BCUT2D eigenvalue weighted by Gasteiger charge is -2.12. The molecule has 1 aliphatic rings. The minimum absolute atomic E-state index is 0.215. The molecule has 0 amide bonds. The first-order chi connectivity index (χ1) is 10.2. The molecule has 0 saturated heterocycles. The van der Waals surface area contributed by atoms with Crippen molar-refractivity contribution in [2.24, 2.45) is 11.3 Å². The van der Waals surface area contributed by atoms with Crippen molar-refractivity contribution in [3.63, 3.8) is 0 Å². The van der Waals surface area contributed by atoms with E-state index in [2.05, 4.69) is 4.74 Å². The summed E-state index contributed by atoms with van der Waals surface area (Å²) in [6.07, 6.45) is 0.603. The van der Waals surface area contributed by atoms with Gasteiger partial charge in [0.05, 0.1) is 23.7 Å². The molecule has 1 saturated carbocycles. The van der Waals surface area contributed by atoms with E-state index in [4.69, 9.17) is 4.74 Å². The van der Waals surface area contributed by atoms with Crippen LogP contribution in [0.15, 0.2) is 0 Å². The van der Waals surface area contributed by atoms with Crippen molar-refractivity contribution in [3.8, 4) is 0 Å². The summed E-state index contributed by atoms with van der Waals surface area (Å²) in [4.78, 5) is 11.7. The van der Waals surface area contributed by atoms with E-state index in [0.717, 1.165) is 7.11 Å². The Balaban J connectivity index is 2.19. The third-order valence-corrected chi connectivity index (χ3v) is 3.89. The van der Waals surface area contributed by atoms with Gasteiger partial charge in [0.1, 0.15) is 6.61 Å². The highest BCUT2D eigenvalue weighted by Gasteiger charge is 2.51. The van der Waals surface area contributed by atoms with Crippen LogP contribution in [0.2, 0.25) is 0 Å². The third kappa shape index (κ3) is 2.95. The van der Waals surface area contributed by atoms with Gasteiger partial charge < -0.3 is 9.47 Å². The molecule has 0 aliphatic heterocycles. The van der Waals surface area contributed by atoms with Gasteiger partial charge in [-0.05, 0) is 11.8 Å². The third-order valence-electron chi connectivity index (χ3n) is 3.89. The monoisotopic (exact) mass is 320 g/mol. The maximum absolute atomic E-state index is 13.8. The summed E-state index contributed by atoms with van der Waals surface area (Å²) in [6, 6.07) is 0. The van der Waals surface area contributed by atoms with Crippen LogP contribution in [0.25, 0.3) is 0 Å². The highest BCUT2D eigenvalue weighted by Crippen LogP contribution is 2.52. The smallest absolute Gasteiger partial charge is 0.309 e. The number of rotatable bonds is 5. The normalized spacial score (nSPS) is 19.1. The summed E-state index contributed by atoms with van der Waals surface area (Å²) in [5, 5.41) is 0. The van der Waals surface area contributed by atoms with Crippen molar-refractivity contribution < 1.29 is 31.8 Å². The van der Waals surface area contributed by atoms with E-state index in [-0.39, 0.29) is 11.3 Å². The lowest BCUT2D eigenvalue weighted by Crippen LogP contribution is -2.14. The van der Waals surface area contributed by atoms with Crippen LogP contribution in [-0.2, 0) is 27.5 Å². The maximum atomic E-state index is 13.8. The fraction of sp³-hybridized carbons (Fsp3) is 0.533. The van der Waals surface area contributed by atoms with Crippen LogP contribution in [0.1, 0.15) is 31.4 Å². The summed E-state index contributed by atoms with van der Waals surface area (Å²) >= 11 is 0. The summed E-state index contributed by atoms with van der Waals surface area (Å²) in [5.41, 5.74) is -2.00. The van der Waals surface area contributed by atoms with E-state index >= 15 is 0 Å². The molecular formula is C15H16F4O3. The predicted octanol–water partition coefficient (Wildman–Crippen LogP) is 3.48. The van der Waals surface area contributed by atoms with Gasteiger partial charge >= 0.3 is 5.97 Å². The average molecular weight is 320 g/mol. The Hall–Kier alpha value is -1.63. The van der Waals surface area contributed by atoms with Crippen molar-refractivity contribution >= 4 is 5.97 Å². The Labute approximate surface area is 125 Å². The number of hydrogen-bond donors (Lipinski definition) is 0. The molecule has 0 unspecified atom stereocenters. The van der Waals surface area contributed by atoms with Crippen LogP contribution in [-0.4, -0.2) is 13.1 Å². The van der Waals surface area contributed by atoms with Crippen molar-refractivity contribution in [2.45, 2.75) is 33.5 Å². The number of carbonyl (C=O) groups excluding carboxylic acids is 1. The predicted molar refractivity (Wildman–Crippen MR) is 68.7 cm³/mol. The van der Waals surface area contributed by atoms with Gasteiger partial charge in [-0.1, -0.05) is 13.8 Å². The van der Waals surface area contributed by atoms with Crippen LogP contribution < -0.4 is 0 Å². The second-order valence-corrected chi connectivity index (χ2v) is 6.00. The molecule has 22 heavy (non-hydrogen) atoms. The van der Waals surface area contributed by atoms with E-state index in [9.17, 15) is 22.4 Å². The largest absolute Gasteiger partial charge is 0.460 e. The number of esters is 1. The lowest BCUT2D eigenvalue weighted by atomic mass is 10.1. The average Bonchev–Trinajstić information content (AvgIpc) is 3.10. The Morgan fingerprint density at radius 2 is 1.45 bits per heavy atom. The first-order valence-electron chi connectivity index (χ1n) is 6.70. The molecule has 0 N–H and O–H groups in total. The van der Waals surface area contributed by atoms with Crippen LogP contribution in [0.5, 0.6) is 0 Å². The van der Waals surface area contributed by atoms with Gasteiger partial charge in [-0.2, -0.15) is 0 Å². The summed E-state index contributed by atoms with van der Waals surface area (Å²) in [5.74, 6) is -7.23. The first kappa shape index (κ1) is 16.7. The number of benzene rings is 1. The molecule has 122 valence electrons. The molecule has 0 bridgehead atoms. The molecule has 1 fully saturated rings. The molecule has 0 radical (unpaired) electrons. The molecule has 1 aromatic rings. The van der Waals surface area contributed by atoms with Crippen LogP contribution in [0.3, 0.4) is 0 Å². The second kappa shape index (κ2) is 5.87. The zero-order valence-corrected chi connectivity index (χ0v) is 12.4. The molecule has 2 rings (SSSR count).